The molecule has 0 fully saturated rings. The molecular weight excluding hydrogens is 303 g/mol. The van der Waals surface area contributed by atoms with Gasteiger partial charge in [-0.2, -0.15) is 0 Å². The lowest BCUT2D eigenvalue weighted by atomic mass is 10.4. The first-order chi connectivity index (χ1) is 9.22. The molecule has 0 bridgehead atoms. The van der Waals surface area contributed by atoms with Crippen LogP contribution >= 0.6 is 34.7 Å². The molecule has 0 amide bonds. The number of thiophene rings is 1. The average molecular weight is 311 g/mol. The van der Waals surface area contributed by atoms with Crippen LogP contribution in [0.25, 0.3) is 10.2 Å². The number of thioether (sulfide) groups is 1. The second kappa shape index (κ2) is 5.45. The number of fused-ring (bicyclic) bond motifs is 1. The summed E-state index contributed by atoms with van der Waals surface area (Å²) >= 11 is 9.20. The van der Waals surface area contributed by atoms with Gasteiger partial charge in [-0.15, -0.1) is 23.1 Å². The third kappa shape index (κ3) is 2.88. The fourth-order valence-electron chi connectivity index (χ4n) is 1.60. The van der Waals surface area contributed by atoms with Crippen molar-refractivity contribution in [3.63, 3.8) is 0 Å². The number of hydrogen-bond acceptors (Lipinski definition) is 4. The Morgan fingerprint density at radius 3 is 2.74 bits per heavy atom. The first kappa shape index (κ1) is 12.8. The van der Waals surface area contributed by atoms with Crippen LogP contribution in [0, 0.1) is 5.82 Å². The van der Waals surface area contributed by atoms with Crippen molar-refractivity contribution in [3.05, 3.63) is 52.5 Å². The summed E-state index contributed by atoms with van der Waals surface area (Å²) in [4.78, 5) is 10.6. The van der Waals surface area contributed by atoms with E-state index in [4.69, 9.17) is 11.6 Å². The predicted molar refractivity (Wildman–Crippen MR) is 78.4 cm³/mol. The zero-order chi connectivity index (χ0) is 13.2. The smallest absolute Gasteiger partial charge is 0.142 e. The molecule has 0 aliphatic rings. The molecule has 3 aromatic rings. The van der Waals surface area contributed by atoms with Crippen LogP contribution in [0.5, 0.6) is 0 Å². The average Bonchev–Trinajstić information content (AvgIpc) is 2.87. The van der Waals surface area contributed by atoms with Crippen LogP contribution in [0.15, 0.2) is 40.6 Å². The Morgan fingerprint density at radius 2 is 1.95 bits per heavy atom. The molecule has 19 heavy (non-hydrogen) atoms. The maximum atomic E-state index is 12.8. The number of nitrogens with zero attached hydrogens (tertiary/aromatic N) is 2. The molecule has 0 radical (unpaired) electrons. The van der Waals surface area contributed by atoms with E-state index in [2.05, 4.69) is 9.97 Å². The molecule has 0 unspecified atom stereocenters. The normalized spacial score (nSPS) is 11.1. The maximum Gasteiger partial charge on any atom is 0.142 e. The van der Waals surface area contributed by atoms with Gasteiger partial charge in [-0.1, -0.05) is 11.6 Å². The van der Waals surface area contributed by atoms with Crippen LogP contribution in [-0.4, -0.2) is 9.97 Å². The summed E-state index contributed by atoms with van der Waals surface area (Å²) in [7, 11) is 0. The highest BCUT2D eigenvalue weighted by atomic mass is 35.5. The number of hydrogen-bond donors (Lipinski definition) is 0. The molecule has 0 atom stereocenters. The second-order valence-corrected chi connectivity index (χ2v) is 6.11. The van der Waals surface area contributed by atoms with Crippen LogP contribution < -0.4 is 0 Å². The number of benzene rings is 1. The summed E-state index contributed by atoms with van der Waals surface area (Å²) in [5.41, 5.74) is 0. The van der Waals surface area contributed by atoms with Gasteiger partial charge in [-0.05, 0) is 35.7 Å². The molecule has 6 heteroatoms. The molecule has 0 N–H and O–H groups in total. The van der Waals surface area contributed by atoms with Crippen molar-refractivity contribution in [1.29, 1.82) is 0 Å². The standard InChI is InChI=1S/C13H8ClFN2S2/c14-12-10-5-6-18-13(10)17-11(16-12)7-19-9-3-1-8(15)2-4-9/h1-6H,7H2. The molecular formula is C13H8ClFN2S2. The minimum absolute atomic E-state index is 0.233. The Balaban J connectivity index is 1.79. The lowest BCUT2D eigenvalue weighted by Crippen LogP contribution is -1.92. The summed E-state index contributed by atoms with van der Waals surface area (Å²) < 4.78 is 12.8. The first-order valence-corrected chi connectivity index (χ1v) is 7.75. The molecule has 1 aromatic carbocycles. The van der Waals surface area contributed by atoms with Crippen molar-refractivity contribution in [2.75, 3.05) is 0 Å². The van der Waals surface area contributed by atoms with Gasteiger partial charge in [-0.25, -0.2) is 14.4 Å². The molecule has 0 saturated heterocycles. The zero-order valence-corrected chi connectivity index (χ0v) is 12.0. The van der Waals surface area contributed by atoms with Crippen LogP contribution in [0.1, 0.15) is 5.82 Å². The molecule has 2 aromatic heterocycles. The van der Waals surface area contributed by atoms with Gasteiger partial charge in [0.2, 0.25) is 0 Å². The number of rotatable bonds is 3. The third-order valence-electron chi connectivity index (χ3n) is 2.51. The molecule has 3 rings (SSSR count). The predicted octanol–water partition coefficient (Wildman–Crippen LogP) is 4.78. The summed E-state index contributed by atoms with van der Waals surface area (Å²) in [6.45, 7) is 0. The fourth-order valence-corrected chi connectivity index (χ4v) is 3.45. The Bertz CT molecular complexity index is 712. The van der Waals surface area contributed by atoms with Crippen molar-refractivity contribution in [3.8, 4) is 0 Å². The molecule has 0 aliphatic carbocycles. The van der Waals surface area contributed by atoms with Gasteiger partial charge in [0.25, 0.3) is 0 Å². The molecule has 2 nitrogen and oxygen atoms in total. The topological polar surface area (TPSA) is 25.8 Å². The Kier molecular flexibility index (Phi) is 3.68. The van der Waals surface area contributed by atoms with Gasteiger partial charge in [0.05, 0.1) is 5.75 Å². The van der Waals surface area contributed by atoms with E-state index in [0.29, 0.717) is 16.7 Å². The van der Waals surface area contributed by atoms with E-state index in [0.717, 1.165) is 15.1 Å². The van der Waals surface area contributed by atoms with E-state index in [9.17, 15) is 4.39 Å². The van der Waals surface area contributed by atoms with Crippen LogP contribution in [0.2, 0.25) is 5.15 Å². The highest BCUT2D eigenvalue weighted by molar-refractivity contribution is 7.98. The van der Waals surface area contributed by atoms with Crippen LogP contribution in [0.3, 0.4) is 0 Å². The van der Waals surface area contributed by atoms with Crippen molar-refractivity contribution in [2.45, 2.75) is 10.6 Å². The van der Waals surface area contributed by atoms with Crippen molar-refractivity contribution < 1.29 is 4.39 Å². The summed E-state index contributed by atoms with van der Waals surface area (Å²) in [6.07, 6.45) is 0. The van der Waals surface area contributed by atoms with Gasteiger partial charge >= 0.3 is 0 Å². The Labute approximate surface area is 122 Å². The maximum absolute atomic E-state index is 12.8. The quantitative estimate of drug-likeness (QED) is 0.514. The minimum atomic E-state index is -0.233. The van der Waals surface area contributed by atoms with E-state index in [1.807, 2.05) is 11.4 Å². The van der Waals surface area contributed by atoms with E-state index >= 15 is 0 Å². The molecule has 0 saturated carbocycles. The largest absolute Gasteiger partial charge is 0.221 e. The lowest BCUT2D eigenvalue weighted by Gasteiger charge is -2.02. The molecule has 0 spiro atoms. The van der Waals surface area contributed by atoms with E-state index in [1.54, 1.807) is 35.2 Å². The highest BCUT2D eigenvalue weighted by Gasteiger charge is 2.07. The van der Waals surface area contributed by atoms with Gasteiger partial charge in [0.1, 0.15) is 21.6 Å². The van der Waals surface area contributed by atoms with Crippen molar-refractivity contribution in [2.24, 2.45) is 0 Å². The van der Waals surface area contributed by atoms with Crippen LogP contribution in [0.4, 0.5) is 4.39 Å². The number of halogens is 2. The summed E-state index contributed by atoms with van der Waals surface area (Å²) in [5, 5.41) is 3.32. The van der Waals surface area contributed by atoms with Gasteiger partial charge in [0, 0.05) is 10.3 Å². The summed E-state index contributed by atoms with van der Waals surface area (Å²) in [6, 6.07) is 8.28. The second-order valence-electron chi connectivity index (χ2n) is 3.81. The van der Waals surface area contributed by atoms with E-state index in [-0.39, 0.29) is 5.82 Å². The Hall–Kier alpha value is -1.17. The highest BCUT2D eigenvalue weighted by Crippen LogP contribution is 2.27. The molecule has 2 heterocycles. The van der Waals surface area contributed by atoms with Gasteiger partial charge < -0.3 is 0 Å². The van der Waals surface area contributed by atoms with E-state index < -0.39 is 0 Å². The first-order valence-electron chi connectivity index (χ1n) is 5.50. The fraction of sp³-hybridized carbons (Fsp3) is 0.0769. The van der Waals surface area contributed by atoms with Gasteiger partial charge in [0.15, 0.2) is 0 Å². The van der Waals surface area contributed by atoms with Crippen molar-refractivity contribution >= 4 is 44.9 Å². The van der Waals surface area contributed by atoms with Crippen LogP contribution in [-0.2, 0) is 5.75 Å². The van der Waals surface area contributed by atoms with E-state index in [1.165, 1.54) is 12.1 Å². The number of aromatic nitrogens is 2. The Morgan fingerprint density at radius 1 is 1.16 bits per heavy atom. The zero-order valence-electron chi connectivity index (χ0n) is 9.64. The third-order valence-corrected chi connectivity index (χ3v) is 4.61. The van der Waals surface area contributed by atoms with Crippen molar-refractivity contribution in [1.82, 2.24) is 9.97 Å². The lowest BCUT2D eigenvalue weighted by molar-refractivity contribution is 0.626. The summed E-state index contributed by atoms with van der Waals surface area (Å²) in [5.74, 6) is 1.07. The molecule has 96 valence electrons. The van der Waals surface area contributed by atoms with Gasteiger partial charge in [-0.3, -0.25) is 0 Å². The molecule has 0 aliphatic heterocycles. The minimum Gasteiger partial charge on any atom is -0.221 e. The SMILES string of the molecule is Fc1ccc(SCc2nc(Cl)c3ccsc3n2)cc1. The monoisotopic (exact) mass is 310 g/mol.